The molecule has 1 aromatic carbocycles. The molecule has 29 heavy (non-hydrogen) atoms. The molecule has 0 bridgehead atoms. The first-order valence-corrected chi connectivity index (χ1v) is 10.8. The lowest BCUT2D eigenvalue weighted by atomic mass is 9.90. The van der Waals surface area contributed by atoms with Gasteiger partial charge in [0.05, 0.1) is 13.2 Å². The first-order chi connectivity index (χ1) is 14.0. The summed E-state index contributed by atoms with van der Waals surface area (Å²) in [7, 11) is 0. The fourth-order valence-electron chi connectivity index (χ4n) is 4.58. The van der Waals surface area contributed by atoms with Gasteiger partial charge in [0.2, 0.25) is 5.75 Å². The maximum atomic E-state index is 10.8. The molecule has 0 radical (unpaired) electrons. The van der Waals surface area contributed by atoms with Crippen molar-refractivity contribution in [2.45, 2.75) is 32.5 Å². The number of ether oxygens (including phenoxy) is 4. The fourth-order valence-corrected chi connectivity index (χ4v) is 4.58. The number of nitrogens with zero attached hydrogens (tertiary/aromatic N) is 2. The van der Waals surface area contributed by atoms with E-state index in [-0.39, 0.29) is 11.5 Å². The monoisotopic (exact) mass is 406 g/mol. The smallest absolute Gasteiger partial charge is 0.203 e. The number of hydrogen-bond donors (Lipinski definition) is 1. The van der Waals surface area contributed by atoms with Crippen LogP contribution in [0.5, 0.6) is 17.2 Å². The second-order valence-electron chi connectivity index (χ2n) is 9.08. The van der Waals surface area contributed by atoms with Crippen LogP contribution in [0.1, 0.15) is 20.3 Å². The summed E-state index contributed by atoms with van der Waals surface area (Å²) in [5, 5.41) is 10.8. The number of aliphatic hydroxyl groups excluding tert-OH is 1. The molecular formula is C22H34N2O5. The molecule has 3 aliphatic rings. The molecule has 3 heterocycles. The number of rotatable bonds is 6. The molecule has 162 valence electrons. The molecule has 2 atom stereocenters. The van der Waals surface area contributed by atoms with Crippen molar-refractivity contribution < 1.29 is 24.1 Å². The van der Waals surface area contributed by atoms with Gasteiger partial charge in [0.1, 0.15) is 25.4 Å². The lowest BCUT2D eigenvalue weighted by Gasteiger charge is -2.42. The quantitative estimate of drug-likeness (QED) is 0.770. The third-order valence-electron chi connectivity index (χ3n) is 5.82. The van der Waals surface area contributed by atoms with Crippen LogP contribution in [-0.4, -0.2) is 92.8 Å². The molecule has 7 nitrogen and oxygen atoms in total. The molecule has 1 N–H and O–H groups in total. The standard InChI is InChI=1S/C22H34N2O5/c1-22(2,15-23-8-10-26-11-9-23)16-24-7-6-18(17(25)14-24)29-20-5-3-4-19-21(20)28-13-12-27-19/h3-5,17-18,25H,6-16H2,1-2H3/t17-,18-/m1/s1. The minimum absolute atomic E-state index is 0.161. The van der Waals surface area contributed by atoms with Crippen molar-refractivity contribution in [3.8, 4) is 17.2 Å². The van der Waals surface area contributed by atoms with Gasteiger partial charge in [-0.15, -0.1) is 0 Å². The zero-order chi connectivity index (χ0) is 20.3. The Balaban J connectivity index is 1.30. The Morgan fingerprint density at radius 1 is 1.03 bits per heavy atom. The van der Waals surface area contributed by atoms with Crippen LogP contribution in [0.3, 0.4) is 0 Å². The average molecular weight is 407 g/mol. The summed E-state index contributed by atoms with van der Waals surface area (Å²) >= 11 is 0. The molecule has 3 aliphatic heterocycles. The van der Waals surface area contributed by atoms with Crippen molar-refractivity contribution in [2.75, 3.05) is 65.7 Å². The number of benzene rings is 1. The van der Waals surface area contributed by atoms with Crippen LogP contribution in [0.25, 0.3) is 0 Å². The first-order valence-electron chi connectivity index (χ1n) is 10.8. The molecular weight excluding hydrogens is 372 g/mol. The van der Waals surface area contributed by atoms with E-state index in [2.05, 4.69) is 23.6 Å². The second kappa shape index (κ2) is 9.08. The van der Waals surface area contributed by atoms with E-state index in [9.17, 15) is 5.11 Å². The maximum Gasteiger partial charge on any atom is 0.203 e. The van der Waals surface area contributed by atoms with E-state index < -0.39 is 6.10 Å². The van der Waals surface area contributed by atoms with Gasteiger partial charge >= 0.3 is 0 Å². The number of fused-ring (bicyclic) bond motifs is 1. The molecule has 4 rings (SSSR count). The van der Waals surface area contributed by atoms with Gasteiger partial charge in [-0.05, 0) is 24.0 Å². The van der Waals surface area contributed by atoms with Gasteiger partial charge in [0, 0.05) is 39.3 Å². The largest absolute Gasteiger partial charge is 0.486 e. The topological polar surface area (TPSA) is 63.6 Å². The summed E-state index contributed by atoms with van der Waals surface area (Å²) in [6.45, 7) is 12.9. The van der Waals surface area contributed by atoms with Gasteiger partial charge < -0.3 is 24.1 Å². The Morgan fingerprint density at radius 3 is 2.59 bits per heavy atom. The maximum absolute atomic E-state index is 10.8. The SMILES string of the molecule is CC(C)(CN1CCOCC1)CN1CC[C@@H](Oc2cccc3c2OCCO3)[C@H](O)C1. The highest BCUT2D eigenvalue weighted by Gasteiger charge is 2.34. The molecule has 0 spiro atoms. The molecule has 7 heteroatoms. The number of β-amino-alcohol motifs (C(OH)–C–C–N with tert-alkyl or cyclic N) is 1. The molecule has 1 aromatic rings. The van der Waals surface area contributed by atoms with Crippen molar-refractivity contribution in [3.63, 3.8) is 0 Å². The highest BCUT2D eigenvalue weighted by Crippen LogP contribution is 2.40. The van der Waals surface area contributed by atoms with Crippen LogP contribution in [0.4, 0.5) is 0 Å². The highest BCUT2D eigenvalue weighted by atomic mass is 16.6. The van der Waals surface area contributed by atoms with E-state index in [1.165, 1.54) is 0 Å². The predicted molar refractivity (Wildman–Crippen MR) is 110 cm³/mol. The Bertz CT molecular complexity index is 677. The number of morpholine rings is 1. The Kier molecular flexibility index (Phi) is 6.49. The fraction of sp³-hybridized carbons (Fsp3) is 0.727. The lowest BCUT2D eigenvalue weighted by Crippen LogP contribution is -2.53. The number of piperidine rings is 1. The van der Waals surface area contributed by atoms with Gasteiger partial charge in [-0.25, -0.2) is 0 Å². The van der Waals surface area contributed by atoms with Gasteiger partial charge in [-0.1, -0.05) is 19.9 Å². The first kappa shape index (κ1) is 20.7. The summed E-state index contributed by atoms with van der Waals surface area (Å²) in [6, 6.07) is 5.67. The van der Waals surface area contributed by atoms with Crippen LogP contribution in [0, 0.1) is 5.41 Å². The summed E-state index contributed by atoms with van der Waals surface area (Å²) in [5.74, 6) is 2.03. The van der Waals surface area contributed by atoms with Crippen molar-refractivity contribution in [2.24, 2.45) is 5.41 Å². The van der Waals surface area contributed by atoms with Gasteiger partial charge in [-0.2, -0.15) is 0 Å². The van der Waals surface area contributed by atoms with Crippen LogP contribution in [-0.2, 0) is 4.74 Å². The average Bonchev–Trinajstić information content (AvgIpc) is 2.70. The van der Waals surface area contributed by atoms with Crippen LogP contribution >= 0.6 is 0 Å². The number of hydrogen-bond acceptors (Lipinski definition) is 7. The van der Waals surface area contributed by atoms with Crippen molar-refractivity contribution >= 4 is 0 Å². The Labute approximate surface area is 173 Å². The minimum Gasteiger partial charge on any atom is -0.486 e. The minimum atomic E-state index is -0.525. The second-order valence-corrected chi connectivity index (χ2v) is 9.08. The normalized spacial score (nSPS) is 26.3. The van der Waals surface area contributed by atoms with Gasteiger partial charge in [0.25, 0.3) is 0 Å². The van der Waals surface area contributed by atoms with Crippen LogP contribution in [0.15, 0.2) is 18.2 Å². The van der Waals surface area contributed by atoms with Crippen molar-refractivity contribution in [1.82, 2.24) is 9.80 Å². The van der Waals surface area contributed by atoms with Gasteiger partial charge in [0.15, 0.2) is 11.5 Å². The van der Waals surface area contributed by atoms with E-state index in [1.54, 1.807) is 0 Å². The molecule has 2 saturated heterocycles. The van der Waals surface area contributed by atoms with Crippen molar-refractivity contribution in [1.29, 1.82) is 0 Å². The molecule has 0 saturated carbocycles. The Hall–Kier alpha value is -1.54. The zero-order valence-electron chi connectivity index (χ0n) is 17.6. The molecule has 0 amide bonds. The van der Waals surface area contributed by atoms with Crippen LogP contribution < -0.4 is 14.2 Å². The molecule has 0 aliphatic carbocycles. The predicted octanol–water partition coefficient (Wildman–Crippen LogP) is 1.63. The Morgan fingerprint density at radius 2 is 1.79 bits per heavy atom. The zero-order valence-corrected chi connectivity index (χ0v) is 17.6. The van der Waals surface area contributed by atoms with Gasteiger partial charge in [-0.3, -0.25) is 9.80 Å². The summed E-state index contributed by atoms with van der Waals surface area (Å²) in [4.78, 5) is 4.85. The lowest BCUT2D eigenvalue weighted by molar-refractivity contribution is -0.0402. The summed E-state index contributed by atoms with van der Waals surface area (Å²) in [6.07, 6.45) is 0.0354. The number of aliphatic hydroxyl groups is 1. The molecule has 0 unspecified atom stereocenters. The molecule has 2 fully saturated rings. The summed E-state index contributed by atoms with van der Waals surface area (Å²) < 4.78 is 23.0. The van der Waals surface area contributed by atoms with E-state index in [0.29, 0.717) is 37.0 Å². The molecule has 0 aromatic heterocycles. The van der Waals surface area contributed by atoms with Crippen molar-refractivity contribution in [3.05, 3.63) is 18.2 Å². The summed E-state index contributed by atoms with van der Waals surface area (Å²) in [5.41, 5.74) is 0.161. The van der Waals surface area contributed by atoms with E-state index >= 15 is 0 Å². The van der Waals surface area contributed by atoms with Crippen LogP contribution in [0.2, 0.25) is 0 Å². The third-order valence-corrected chi connectivity index (χ3v) is 5.82. The van der Waals surface area contributed by atoms with E-state index in [0.717, 1.165) is 52.4 Å². The van der Waals surface area contributed by atoms with E-state index in [4.69, 9.17) is 18.9 Å². The number of para-hydroxylation sites is 1. The number of likely N-dealkylation sites (tertiary alicyclic amines) is 1. The highest BCUT2D eigenvalue weighted by molar-refractivity contribution is 5.51. The third kappa shape index (κ3) is 5.34. The van der Waals surface area contributed by atoms with E-state index in [1.807, 2.05) is 18.2 Å².